The molecule has 0 saturated carbocycles. The summed E-state index contributed by atoms with van der Waals surface area (Å²) < 4.78 is 10.9. The van der Waals surface area contributed by atoms with E-state index < -0.39 is 11.9 Å². The third-order valence-electron chi connectivity index (χ3n) is 3.03. The summed E-state index contributed by atoms with van der Waals surface area (Å²) in [5.41, 5.74) is 1.36. The third kappa shape index (κ3) is 5.24. The van der Waals surface area contributed by atoms with Crippen LogP contribution in [0.1, 0.15) is 5.56 Å². The molecule has 0 aliphatic rings. The van der Waals surface area contributed by atoms with Gasteiger partial charge >= 0.3 is 5.97 Å². The Hall–Kier alpha value is -2.60. The van der Waals surface area contributed by atoms with E-state index in [4.69, 9.17) is 9.47 Å². The van der Waals surface area contributed by atoms with Gasteiger partial charge in [0, 0.05) is 10.5 Å². The molecule has 2 aromatic rings. The Labute approximate surface area is 148 Å². The Kier molecular flexibility index (Phi) is 6.57. The number of halogens is 1. The highest BCUT2D eigenvalue weighted by Gasteiger charge is 2.08. The molecule has 2 aromatic carbocycles. The topological polar surface area (TPSA) is 64.6 Å². The number of anilines is 1. The average molecular weight is 390 g/mol. The van der Waals surface area contributed by atoms with Gasteiger partial charge in [-0.3, -0.25) is 4.79 Å². The van der Waals surface area contributed by atoms with Crippen LogP contribution in [0.3, 0.4) is 0 Å². The van der Waals surface area contributed by atoms with Crippen LogP contribution in [0.5, 0.6) is 5.75 Å². The Morgan fingerprint density at radius 2 is 1.83 bits per heavy atom. The Bertz CT molecular complexity index is 758. The summed E-state index contributed by atoms with van der Waals surface area (Å²) in [6.45, 7) is -0.378. The lowest BCUT2D eigenvalue weighted by molar-refractivity contribution is -0.142. The number of benzene rings is 2. The lowest BCUT2D eigenvalue weighted by atomic mass is 10.2. The maximum Gasteiger partial charge on any atom is 0.331 e. The number of amides is 1. The van der Waals surface area contributed by atoms with Crippen molar-refractivity contribution < 1.29 is 19.1 Å². The van der Waals surface area contributed by atoms with Crippen LogP contribution in [0.15, 0.2) is 59.1 Å². The van der Waals surface area contributed by atoms with Crippen molar-refractivity contribution in [2.45, 2.75) is 0 Å². The summed E-state index contributed by atoms with van der Waals surface area (Å²) in [6, 6.07) is 14.4. The maximum atomic E-state index is 11.8. The fraction of sp³-hybridized carbons (Fsp3) is 0.111. The van der Waals surface area contributed by atoms with E-state index >= 15 is 0 Å². The van der Waals surface area contributed by atoms with Gasteiger partial charge in [-0.2, -0.15) is 0 Å². The summed E-state index contributed by atoms with van der Waals surface area (Å²) in [5.74, 6) is -0.505. The minimum absolute atomic E-state index is 0.378. The zero-order valence-corrected chi connectivity index (χ0v) is 14.6. The van der Waals surface area contributed by atoms with Crippen molar-refractivity contribution in [2.24, 2.45) is 0 Å². The fourth-order valence-electron chi connectivity index (χ4n) is 1.89. The summed E-state index contributed by atoms with van der Waals surface area (Å²) >= 11 is 3.38. The van der Waals surface area contributed by atoms with Crippen molar-refractivity contribution in [3.05, 3.63) is 64.6 Å². The number of ether oxygens (including phenoxy) is 2. The van der Waals surface area contributed by atoms with Gasteiger partial charge in [0.2, 0.25) is 0 Å². The highest BCUT2D eigenvalue weighted by atomic mass is 79.9. The molecule has 5 nitrogen and oxygen atoms in total. The minimum atomic E-state index is -0.596. The zero-order valence-electron chi connectivity index (χ0n) is 13.0. The molecule has 124 valence electrons. The third-order valence-corrected chi connectivity index (χ3v) is 3.75. The number of hydrogen-bond donors (Lipinski definition) is 1. The molecule has 24 heavy (non-hydrogen) atoms. The van der Waals surface area contributed by atoms with Gasteiger partial charge in [0.25, 0.3) is 5.91 Å². The van der Waals surface area contributed by atoms with Crippen LogP contribution in [0.4, 0.5) is 5.69 Å². The van der Waals surface area contributed by atoms with Crippen molar-refractivity contribution >= 4 is 39.6 Å². The second-order valence-corrected chi connectivity index (χ2v) is 5.57. The van der Waals surface area contributed by atoms with Gasteiger partial charge in [-0.25, -0.2) is 4.79 Å². The van der Waals surface area contributed by atoms with Crippen LogP contribution in [-0.2, 0) is 14.3 Å². The molecule has 0 unspecified atom stereocenters. The van der Waals surface area contributed by atoms with Crippen LogP contribution >= 0.6 is 15.9 Å². The van der Waals surface area contributed by atoms with Crippen LogP contribution in [0.2, 0.25) is 0 Å². The first-order valence-electron chi connectivity index (χ1n) is 7.12. The van der Waals surface area contributed by atoms with Crippen LogP contribution in [-0.4, -0.2) is 25.6 Å². The molecule has 0 fully saturated rings. The number of carbonyl (C=O) groups is 2. The monoisotopic (exact) mass is 389 g/mol. The van der Waals surface area contributed by atoms with Crippen molar-refractivity contribution in [3.63, 3.8) is 0 Å². The van der Waals surface area contributed by atoms with E-state index in [-0.39, 0.29) is 6.61 Å². The number of hydrogen-bond acceptors (Lipinski definition) is 4. The predicted octanol–water partition coefficient (Wildman–Crippen LogP) is 3.65. The Balaban J connectivity index is 1.85. The summed E-state index contributed by atoms with van der Waals surface area (Å²) in [6.07, 6.45) is 2.89. The Morgan fingerprint density at radius 3 is 2.58 bits per heavy atom. The van der Waals surface area contributed by atoms with Crippen molar-refractivity contribution in [1.29, 1.82) is 0 Å². The number of methoxy groups -OCH3 is 1. The van der Waals surface area contributed by atoms with E-state index in [2.05, 4.69) is 21.2 Å². The average Bonchev–Trinajstić information content (AvgIpc) is 2.59. The van der Waals surface area contributed by atoms with Gasteiger partial charge in [-0.15, -0.1) is 0 Å². The molecular formula is C18H16BrNO4. The molecule has 0 radical (unpaired) electrons. The van der Waals surface area contributed by atoms with E-state index in [1.165, 1.54) is 13.2 Å². The molecule has 6 heteroatoms. The quantitative estimate of drug-likeness (QED) is 0.604. The summed E-state index contributed by atoms with van der Waals surface area (Å²) in [5, 5.41) is 2.63. The van der Waals surface area contributed by atoms with Crippen LogP contribution in [0, 0.1) is 0 Å². The lowest BCUT2D eigenvalue weighted by Gasteiger charge is -2.09. The molecule has 0 heterocycles. The highest BCUT2D eigenvalue weighted by molar-refractivity contribution is 9.10. The molecule has 2 rings (SSSR count). The first-order chi connectivity index (χ1) is 11.6. The second-order valence-electron chi connectivity index (χ2n) is 4.71. The van der Waals surface area contributed by atoms with Crippen molar-refractivity contribution in [1.82, 2.24) is 0 Å². The molecule has 0 saturated heterocycles. The van der Waals surface area contributed by atoms with Crippen LogP contribution < -0.4 is 10.1 Å². The summed E-state index contributed by atoms with van der Waals surface area (Å²) in [4.78, 5) is 23.5. The van der Waals surface area contributed by atoms with Gasteiger partial charge < -0.3 is 14.8 Å². The molecule has 0 aromatic heterocycles. The number of rotatable bonds is 6. The fourth-order valence-corrected chi connectivity index (χ4v) is 2.30. The van der Waals surface area contributed by atoms with E-state index in [9.17, 15) is 9.59 Å². The smallest absolute Gasteiger partial charge is 0.331 e. The lowest BCUT2D eigenvalue weighted by Crippen LogP contribution is -2.20. The SMILES string of the molecule is COc1ccccc1NC(=O)COC(=O)/C=C/c1ccccc1Br. The zero-order chi connectivity index (χ0) is 17.4. The van der Waals surface area contributed by atoms with E-state index in [1.54, 1.807) is 30.3 Å². The molecule has 0 atom stereocenters. The molecule has 0 aliphatic heterocycles. The number of para-hydroxylation sites is 2. The van der Waals surface area contributed by atoms with Crippen molar-refractivity contribution in [3.8, 4) is 5.75 Å². The van der Waals surface area contributed by atoms with E-state index in [0.29, 0.717) is 11.4 Å². The van der Waals surface area contributed by atoms with Gasteiger partial charge in [0.15, 0.2) is 6.61 Å². The number of esters is 1. The largest absolute Gasteiger partial charge is 0.495 e. The van der Waals surface area contributed by atoms with Crippen molar-refractivity contribution in [2.75, 3.05) is 19.0 Å². The second kappa shape index (κ2) is 8.88. The first-order valence-corrected chi connectivity index (χ1v) is 7.91. The molecule has 0 aliphatic carbocycles. The number of nitrogens with one attached hydrogen (secondary N) is 1. The van der Waals surface area contributed by atoms with Gasteiger partial charge in [-0.1, -0.05) is 46.3 Å². The highest BCUT2D eigenvalue weighted by Crippen LogP contribution is 2.22. The van der Waals surface area contributed by atoms with Gasteiger partial charge in [0.1, 0.15) is 5.75 Å². The molecule has 0 bridgehead atoms. The minimum Gasteiger partial charge on any atom is -0.495 e. The van der Waals surface area contributed by atoms with E-state index in [0.717, 1.165) is 10.0 Å². The molecule has 1 N–H and O–H groups in total. The van der Waals surface area contributed by atoms with Crippen LogP contribution in [0.25, 0.3) is 6.08 Å². The predicted molar refractivity (Wildman–Crippen MR) is 95.8 cm³/mol. The summed E-state index contributed by atoms with van der Waals surface area (Å²) in [7, 11) is 1.51. The first kappa shape index (κ1) is 17.7. The maximum absolute atomic E-state index is 11.8. The van der Waals surface area contributed by atoms with E-state index in [1.807, 2.05) is 24.3 Å². The molecular weight excluding hydrogens is 374 g/mol. The van der Waals surface area contributed by atoms with Gasteiger partial charge in [-0.05, 0) is 29.8 Å². The Morgan fingerprint density at radius 1 is 1.12 bits per heavy atom. The standard InChI is InChI=1S/C18H16BrNO4/c1-23-16-9-5-4-8-15(16)20-17(21)12-24-18(22)11-10-13-6-2-3-7-14(13)19/h2-11H,12H2,1H3,(H,20,21)/b11-10+. The molecule has 1 amide bonds. The normalized spacial score (nSPS) is 10.4. The number of carbonyl (C=O) groups excluding carboxylic acids is 2. The van der Waals surface area contributed by atoms with Gasteiger partial charge in [0.05, 0.1) is 12.8 Å². The molecule has 0 spiro atoms.